The van der Waals surface area contributed by atoms with E-state index >= 15 is 0 Å². The molecule has 4 atom stereocenters. The fraction of sp³-hybridized carbons (Fsp3) is 0.500. The summed E-state index contributed by atoms with van der Waals surface area (Å²) in [6.07, 6.45) is 1.05. The maximum absolute atomic E-state index is 13.6. The average molecular weight is 516 g/mol. The monoisotopic (exact) mass is 515 g/mol. The smallest absolute Gasteiger partial charge is 0.254 e. The average Bonchev–Trinajstić information content (AvgIpc) is 3.63. The lowest BCUT2D eigenvalue weighted by molar-refractivity contribution is -0.148. The molecule has 3 heterocycles. The molecule has 10 heteroatoms. The number of benzene rings is 1. The summed E-state index contributed by atoms with van der Waals surface area (Å²) in [7, 11) is 0. The Morgan fingerprint density at radius 3 is 2.61 bits per heavy atom. The first-order valence-electron chi connectivity index (χ1n) is 12.1. The lowest BCUT2D eigenvalue weighted by Gasteiger charge is -2.33. The maximum atomic E-state index is 13.6. The number of nitrogens with one attached hydrogen (secondary N) is 2. The summed E-state index contributed by atoms with van der Waals surface area (Å²) >= 11 is 1.47. The largest absolute Gasteiger partial charge is 0.467 e. The molecule has 0 saturated carbocycles. The van der Waals surface area contributed by atoms with Gasteiger partial charge in [-0.15, -0.1) is 11.8 Å². The van der Waals surface area contributed by atoms with Gasteiger partial charge in [-0.25, -0.2) is 0 Å². The molecule has 2 aliphatic rings. The van der Waals surface area contributed by atoms with Gasteiger partial charge in [0.2, 0.25) is 11.8 Å². The number of rotatable bonds is 9. The Kier molecular flexibility index (Phi) is 8.38. The maximum Gasteiger partial charge on any atom is 0.254 e. The summed E-state index contributed by atoms with van der Waals surface area (Å²) in [5, 5.41) is 16.9. The molecular formula is C26H33N3O6S. The number of carbonyl (C=O) groups excluding carboxylic acids is 3. The van der Waals surface area contributed by atoms with Gasteiger partial charge in [0.1, 0.15) is 17.9 Å². The van der Waals surface area contributed by atoms with E-state index in [1.807, 2.05) is 44.2 Å². The first kappa shape index (κ1) is 26.2. The zero-order valence-corrected chi connectivity index (χ0v) is 21.3. The van der Waals surface area contributed by atoms with E-state index in [1.54, 1.807) is 12.1 Å². The number of furan rings is 1. The van der Waals surface area contributed by atoms with E-state index in [2.05, 4.69) is 10.6 Å². The minimum absolute atomic E-state index is 0.196. The summed E-state index contributed by atoms with van der Waals surface area (Å²) in [6, 6.07) is 11.2. The highest BCUT2D eigenvalue weighted by Gasteiger charge is 2.49. The number of aliphatic hydroxyl groups is 1. The summed E-state index contributed by atoms with van der Waals surface area (Å²) in [6.45, 7) is 4.50. The van der Waals surface area contributed by atoms with Crippen molar-refractivity contribution in [2.75, 3.05) is 12.5 Å². The van der Waals surface area contributed by atoms with Gasteiger partial charge in [0.05, 0.1) is 24.7 Å². The van der Waals surface area contributed by atoms with Crippen LogP contribution in [-0.2, 0) is 32.1 Å². The molecule has 3 N–H and O–H groups in total. The van der Waals surface area contributed by atoms with E-state index in [1.165, 1.54) is 22.9 Å². The van der Waals surface area contributed by atoms with Crippen molar-refractivity contribution in [3.05, 3.63) is 60.1 Å². The lowest BCUT2D eigenvalue weighted by atomic mass is 9.97. The fourth-order valence-electron chi connectivity index (χ4n) is 4.61. The van der Waals surface area contributed by atoms with Crippen molar-refractivity contribution < 1.29 is 28.6 Å². The van der Waals surface area contributed by atoms with Crippen LogP contribution in [0.15, 0.2) is 53.1 Å². The number of ether oxygens (including phenoxy) is 1. The van der Waals surface area contributed by atoms with Crippen LogP contribution in [0, 0.1) is 0 Å². The third-order valence-electron chi connectivity index (χ3n) is 6.58. The molecule has 0 spiro atoms. The predicted octanol–water partition coefficient (Wildman–Crippen LogP) is 1.84. The molecule has 2 aromatic rings. The fourth-order valence-corrected chi connectivity index (χ4v) is 5.75. The SMILES string of the molecule is CC1(C)SCN(C(=O)[C@@H](O)[C@H](Cc2ccccc2)NC(=O)[C@@H]2CCCO2)[C@@H]1C(=O)NCc1ccco1. The zero-order valence-electron chi connectivity index (χ0n) is 20.5. The summed E-state index contributed by atoms with van der Waals surface area (Å²) in [5.74, 6) is -0.419. The number of aliphatic hydroxyl groups excluding tert-OH is 1. The van der Waals surface area contributed by atoms with Gasteiger partial charge in [0, 0.05) is 11.4 Å². The molecule has 36 heavy (non-hydrogen) atoms. The van der Waals surface area contributed by atoms with Crippen molar-refractivity contribution in [1.82, 2.24) is 15.5 Å². The number of nitrogens with zero attached hydrogens (tertiary/aromatic N) is 1. The van der Waals surface area contributed by atoms with Crippen molar-refractivity contribution in [2.45, 2.75) is 68.7 Å². The minimum atomic E-state index is -1.54. The van der Waals surface area contributed by atoms with E-state index in [0.29, 0.717) is 18.8 Å². The van der Waals surface area contributed by atoms with Gasteiger partial charge in [-0.3, -0.25) is 14.4 Å². The van der Waals surface area contributed by atoms with Crippen molar-refractivity contribution in [2.24, 2.45) is 0 Å². The van der Waals surface area contributed by atoms with E-state index in [4.69, 9.17) is 9.15 Å². The predicted molar refractivity (Wildman–Crippen MR) is 135 cm³/mol. The van der Waals surface area contributed by atoms with Crippen molar-refractivity contribution in [1.29, 1.82) is 0 Å². The first-order valence-corrected chi connectivity index (χ1v) is 13.1. The summed E-state index contributed by atoms with van der Waals surface area (Å²) < 4.78 is 10.2. The van der Waals surface area contributed by atoms with Crippen LogP contribution in [0.4, 0.5) is 0 Å². The molecule has 0 aliphatic carbocycles. The molecule has 2 saturated heterocycles. The first-order chi connectivity index (χ1) is 17.3. The second-order valence-corrected chi connectivity index (χ2v) is 11.2. The number of thioether (sulfide) groups is 1. The minimum Gasteiger partial charge on any atom is -0.467 e. The van der Waals surface area contributed by atoms with Gasteiger partial charge in [-0.1, -0.05) is 30.3 Å². The van der Waals surface area contributed by atoms with Crippen LogP contribution in [0.1, 0.15) is 38.0 Å². The quantitative estimate of drug-likeness (QED) is 0.466. The van der Waals surface area contributed by atoms with Crippen molar-refractivity contribution in [3.8, 4) is 0 Å². The van der Waals surface area contributed by atoms with Crippen LogP contribution in [0.25, 0.3) is 0 Å². The number of hydrogen-bond donors (Lipinski definition) is 3. The number of carbonyl (C=O) groups is 3. The highest BCUT2D eigenvalue weighted by Crippen LogP contribution is 2.40. The van der Waals surface area contributed by atoms with Crippen LogP contribution in [0.5, 0.6) is 0 Å². The Balaban J connectivity index is 1.50. The van der Waals surface area contributed by atoms with Gasteiger partial charge in [0.15, 0.2) is 6.10 Å². The lowest BCUT2D eigenvalue weighted by Crippen LogP contribution is -2.59. The Bertz CT molecular complexity index is 1040. The molecule has 2 aliphatic heterocycles. The van der Waals surface area contributed by atoms with Crippen molar-refractivity contribution in [3.63, 3.8) is 0 Å². The standard InChI is InChI=1S/C26H33N3O6S/c1-26(2)22(24(32)27-15-18-10-6-12-34-18)29(16-36-26)25(33)21(30)19(14-17-8-4-3-5-9-17)28-23(31)20-11-7-13-35-20/h3-6,8-10,12,19-22,30H,7,11,13-16H2,1-2H3,(H,27,32)(H,28,31)/t19-,20-,21-,22+/m0/s1. The normalized spacial score (nSPS) is 22.7. The van der Waals surface area contributed by atoms with Gasteiger partial charge in [-0.2, -0.15) is 0 Å². The number of amides is 3. The highest BCUT2D eigenvalue weighted by atomic mass is 32.2. The Labute approximate surface area is 214 Å². The summed E-state index contributed by atoms with van der Waals surface area (Å²) in [4.78, 5) is 41.0. The molecular weight excluding hydrogens is 482 g/mol. The van der Waals surface area contributed by atoms with Crippen LogP contribution in [0.2, 0.25) is 0 Å². The number of hydrogen-bond acceptors (Lipinski definition) is 7. The third-order valence-corrected chi connectivity index (χ3v) is 7.95. The van der Waals surface area contributed by atoms with E-state index in [-0.39, 0.29) is 30.7 Å². The van der Waals surface area contributed by atoms with Crippen molar-refractivity contribution >= 4 is 29.5 Å². The zero-order chi connectivity index (χ0) is 25.7. The van der Waals surface area contributed by atoms with Gasteiger partial charge < -0.3 is 29.8 Å². The second-order valence-electron chi connectivity index (χ2n) is 9.64. The molecule has 1 aromatic carbocycles. The molecule has 1 aromatic heterocycles. The van der Waals surface area contributed by atoms with Crippen LogP contribution in [-0.4, -0.2) is 69.3 Å². The third kappa shape index (κ3) is 6.11. The molecule has 3 amide bonds. The second kappa shape index (κ2) is 11.5. The molecule has 0 radical (unpaired) electrons. The Hall–Kier alpha value is -2.82. The van der Waals surface area contributed by atoms with Gasteiger partial charge >= 0.3 is 0 Å². The van der Waals surface area contributed by atoms with Crippen LogP contribution < -0.4 is 10.6 Å². The highest BCUT2D eigenvalue weighted by molar-refractivity contribution is 8.00. The van der Waals surface area contributed by atoms with Gasteiger partial charge in [-0.05, 0) is 50.8 Å². The molecule has 0 unspecified atom stereocenters. The molecule has 2 fully saturated rings. The van der Waals surface area contributed by atoms with E-state index in [9.17, 15) is 19.5 Å². The Morgan fingerprint density at radius 2 is 1.94 bits per heavy atom. The summed E-state index contributed by atoms with van der Waals surface area (Å²) in [5.41, 5.74) is 0.867. The van der Waals surface area contributed by atoms with E-state index < -0.39 is 34.9 Å². The van der Waals surface area contributed by atoms with Gasteiger partial charge in [0.25, 0.3) is 5.91 Å². The van der Waals surface area contributed by atoms with Crippen LogP contribution >= 0.6 is 11.8 Å². The molecule has 4 rings (SSSR count). The topological polar surface area (TPSA) is 121 Å². The molecule has 0 bridgehead atoms. The Morgan fingerprint density at radius 1 is 1.17 bits per heavy atom. The molecule has 194 valence electrons. The van der Waals surface area contributed by atoms with E-state index in [0.717, 1.165) is 12.0 Å². The molecule has 9 nitrogen and oxygen atoms in total. The van der Waals surface area contributed by atoms with Crippen LogP contribution in [0.3, 0.4) is 0 Å².